The smallest absolute Gasteiger partial charge is 0.271 e. The summed E-state index contributed by atoms with van der Waals surface area (Å²) in [5.41, 5.74) is 5.40. The summed E-state index contributed by atoms with van der Waals surface area (Å²) in [5, 5.41) is 13.6. The molecule has 0 aromatic heterocycles. The number of hydrogen-bond acceptors (Lipinski definition) is 4. The van der Waals surface area contributed by atoms with Gasteiger partial charge in [0.05, 0.1) is 13.3 Å². The molecule has 0 aliphatic rings. The van der Waals surface area contributed by atoms with Crippen molar-refractivity contribution in [1.82, 2.24) is 5.43 Å². The number of nitrogens with one attached hydrogen (secondary N) is 1. The number of methoxy groups -OCH3 is 1. The lowest BCUT2D eigenvalue weighted by Gasteiger charge is -2.06. The fourth-order valence-electron chi connectivity index (χ4n) is 2.45. The number of phenolic OH excluding ortho intramolecular Hbond substituents is 1. The van der Waals surface area contributed by atoms with E-state index in [-0.39, 0.29) is 11.7 Å². The summed E-state index contributed by atoms with van der Waals surface area (Å²) in [6, 6.07) is 21.7. The summed E-state index contributed by atoms with van der Waals surface area (Å²) in [4.78, 5) is 12.3. The van der Waals surface area contributed by atoms with Gasteiger partial charge < -0.3 is 9.84 Å². The average Bonchev–Trinajstić information content (AvgIpc) is 2.69. The average molecular weight is 346 g/mol. The maximum absolute atomic E-state index is 12.3. The first-order valence-corrected chi connectivity index (χ1v) is 8.03. The van der Waals surface area contributed by atoms with Crippen LogP contribution in [0.3, 0.4) is 0 Å². The number of carbonyl (C=O) groups excluding carboxylic acids is 1. The lowest BCUT2D eigenvalue weighted by Crippen LogP contribution is -2.17. The van der Waals surface area contributed by atoms with Gasteiger partial charge in [-0.2, -0.15) is 5.10 Å². The van der Waals surface area contributed by atoms with E-state index < -0.39 is 0 Å². The molecule has 3 aromatic rings. The largest absolute Gasteiger partial charge is 0.507 e. The van der Waals surface area contributed by atoms with E-state index >= 15 is 0 Å². The second-order valence-corrected chi connectivity index (χ2v) is 5.57. The van der Waals surface area contributed by atoms with Gasteiger partial charge in [-0.1, -0.05) is 36.4 Å². The van der Waals surface area contributed by atoms with Crippen LogP contribution in [-0.2, 0) is 0 Å². The Kier molecular flexibility index (Phi) is 5.29. The minimum atomic E-state index is -0.327. The topological polar surface area (TPSA) is 70.9 Å². The number of carbonyl (C=O) groups is 1. The normalized spacial score (nSPS) is 10.7. The molecule has 0 aliphatic carbocycles. The van der Waals surface area contributed by atoms with Gasteiger partial charge in [0.15, 0.2) is 0 Å². The number of aromatic hydroxyl groups is 1. The SMILES string of the molecule is COc1ccc(-c2cccc(C(=O)NN=Cc3ccccc3O)c2)cc1. The van der Waals surface area contributed by atoms with Crippen LogP contribution >= 0.6 is 0 Å². The first-order valence-electron chi connectivity index (χ1n) is 8.03. The van der Waals surface area contributed by atoms with Crippen molar-refractivity contribution in [2.24, 2.45) is 5.10 Å². The lowest BCUT2D eigenvalue weighted by molar-refractivity contribution is 0.0955. The van der Waals surface area contributed by atoms with Crippen LogP contribution in [0.1, 0.15) is 15.9 Å². The predicted octanol–water partition coefficient (Wildman–Crippen LogP) is 3.83. The van der Waals surface area contributed by atoms with Crippen LogP contribution in [0.2, 0.25) is 0 Å². The summed E-state index contributed by atoms with van der Waals surface area (Å²) in [6.45, 7) is 0. The Morgan fingerprint density at radius 2 is 1.77 bits per heavy atom. The van der Waals surface area contributed by atoms with E-state index in [2.05, 4.69) is 10.5 Å². The van der Waals surface area contributed by atoms with Gasteiger partial charge in [-0.15, -0.1) is 0 Å². The van der Waals surface area contributed by atoms with E-state index in [4.69, 9.17) is 4.74 Å². The monoisotopic (exact) mass is 346 g/mol. The van der Waals surface area contributed by atoms with Crippen molar-refractivity contribution in [1.29, 1.82) is 0 Å². The van der Waals surface area contributed by atoms with E-state index in [1.54, 1.807) is 43.5 Å². The van der Waals surface area contributed by atoms with Gasteiger partial charge in [0, 0.05) is 11.1 Å². The molecule has 0 saturated carbocycles. The highest BCUT2D eigenvalue weighted by atomic mass is 16.5. The molecular weight excluding hydrogens is 328 g/mol. The van der Waals surface area contributed by atoms with Crippen molar-refractivity contribution >= 4 is 12.1 Å². The highest BCUT2D eigenvalue weighted by molar-refractivity contribution is 5.96. The molecular formula is C21H18N2O3. The molecule has 2 N–H and O–H groups in total. The number of nitrogens with zero attached hydrogens (tertiary/aromatic N) is 1. The second-order valence-electron chi connectivity index (χ2n) is 5.57. The van der Waals surface area contributed by atoms with Crippen LogP contribution in [0, 0.1) is 0 Å². The second kappa shape index (κ2) is 7.98. The van der Waals surface area contributed by atoms with Crippen LogP contribution in [0.25, 0.3) is 11.1 Å². The summed E-state index contributed by atoms with van der Waals surface area (Å²) in [7, 11) is 1.62. The number of benzene rings is 3. The van der Waals surface area contributed by atoms with Crippen LogP contribution in [0.4, 0.5) is 0 Å². The fraction of sp³-hybridized carbons (Fsp3) is 0.0476. The summed E-state index contributed by atoms with van der Waals surface area (Å²) in [6.07, 6.45) is 1.40. The summed E-state index contributed by atoms with van der Waals surface area (Å²) < 4.78 is 5.16. The van der Waals surface area contributed by atoms with E-state index in [1.165, 1.54) is 6.21 Å². The molecule has 0 aliphatic heterocycles. The molecule has 0 fully saturated rings. The van der Waals surface area contributed by atoms with Crippen molar-refractivity contribution in [3.05, 3.63) is 83.9 Å². The molecule has 130 valence electrons. The molecule has 0 heterocycles. The fourth-order valence-corrected chi connectivity index (χ4v) is 2.45. The third-order valence-corrected chi connectivity index (χ3v) is 3.85. The lowest BCUT2D eigenvalue weighted by atomic mass is 10.0. The van der Waals surface area contributed by atoms with Gasteiger partial charge in [0.25, 0.3) is 5.91 Å². The molecule has 3 aromatic carbocycles. The van der Waals surface area contributed by atoms with Crippen molar-refractivity contribution in [3.63, 3.8) is 0 Å². The summed E-state index contributed by atoms with van der Waals surface area (Å²) in [5.74, 6) is 0.556. The predicted molar refractivity (Wildman–Crippen MR) is 102 cm³/mol. The Morgan fingerprint density at radius 3 is 2.50 bits per heavy atom. The first-order chi connectivity index (χ1) is 12.7. The van der Waals surface area contributed by atoms with Crippen LogP contribution in [-0.4, -0.2) is 24.3 Å². The van der Waals surface area contributed by atoms with Crippen LogP contribution < -0.4 is 10.2 Å². The van der Waals surface area contributed by atoms with Gasteiger partial charge in [-0.25, -0.2) is 5.43 Å². The third-order valence-electron chi connectivity index (χ3n) is 3.85. The number of hydrazone groups is 1. The number of hydrogen-bond donors (Lipinski definition) is 2. The van der Waals surface area contributed by atoms with E-state index in [0.29, 0.717) is 11.1 Å². The number of rotatable bonds is 5. The van der Waals surface area contributed by atoms with Gasteiger partial charge >= 0.3 is 0 Å². The molecule has 0 spiro atoms. The minimum absolute atomic E-state index is 0.104. The van der Waals surface area contributed by atoms with E-state index in [0.717, 1.165) is 16.9 Å². The zero-order valence-corrected chi connectivity index (χ0v) is 14.2. The number of phenols is 1. The zero-order valence-electron chi connectivity index (χ0n) is 14.2. The molecule has 0 saturated heterocycles. The molecule has 1 amide bonds. The Bertz CT molecular complexity index is 934. The minimum Gasteiger partial charge on any atom is -0.507 e. The molecule has 5 nitrogen and oxygen atoms in total. The Hall–Kier alpha value is -3.60. The molecule has 0 atom stereocenters. The highest BCUT2D eigenvalue weighted by Gasteiger charge is 2.06. The molecule has 0 unspecified atom stereocenters. The maximum Gasteiger partial charge on any atom is 0.271 e. The van der Waals surface area contributed by atoms with Gasteiger partial charge in [-0.3, -0.25) is 4.79 Å². The molecule has 0 radical (unpaired) electrons. The van der Waals surface area contributed by atoms with Crippen molar-refractivity contribution in [2.75, 3.05) is 7.11 Å². The zero-order chi connectivity index (χ0) is 18.4. The van der Waals surface area contributed by atoms with Gasteiger partial charge in [0.1, 0.15) is 11.5 Å². The van der Waals surface area contributed by atoms with Crippen molar-refractivity contribution < 1.29 is 14.6 Å². The quantitative estimate of drug-likeness (QED) is 0.545. The van der Waals surface area contributed by atoms with E-state index in [9.17, 15) is 9.90 Å². The standard InChI is InChI=1S/C21H18N2O3/c1-26-19-11-9-15(10-12-19)16-6-4-7-17(13-16)21(25)23-22-14-18-5-2-3-8-20(18)24/h2-14,24H,1H3,(H,23,25). The van der Waals surface area contributed by atoms with Crippen molar-refractivity contribution in [3.8, 4) is 22.6 Å². The molecule has 3 rings (SSSR count). The highest BCUT2D eigenvalue weighted by Crippen LogP contribution is 2.23. The van der Waals surface area contributed by atoms with Crippen LogP contribution in [0.15, 0.2) is 77.9 Å². The Labute approximate surface area is 151 Å². The molecule has 0 bridgehead atoms. The van der Waals surface area contributed by atoms with Gasteiger partial charge in [0.2, 0.25) is 0 Å². The first kappa shape index (κ1) is 17.2. The van der Waals surface area contributed by atoms with Crippen LogP contribution in [0.5, 0.6) is 11.5 Å². The maximum atomic E-state index is 12.3. The Morgan fingerprint density at radius 1 is 1.00 bits per heavy atom. The van der Waals surface area contributed by atoms with E-state index in [1.807, 2.05) is 36.4 Å². The number of para-hydroxylation sites is 1. The summed E-state index contributed by atoms with van der Waals surface area (Å²) >= 11 is 0. The number of amides is 1. The molecule has 26 heavy (non-hydrogen) atoms. The Balaban J connectivity index is 1.72. The molecule has 5 heteroatoms. The van der Waals surface area contributed by atoms with Crippen molar-refractivity contribution in [2.45, 2.75) is 0 Å². The van der Waals surface area contributed by atoms with Gasteiger partial charge in [-0.05, 0) is 47.5 Å². The third kappa shape index (κ3) is 4.08. The number of ether oxygens (including phenoxy) is 1.